The summed E-state index contributed by atoms with van der Waals surface area (Å²) in [4.78, 5) is 8.59. The summed E-state index contributed by atoms with van der Waals surface area (Å²) in [6, 6.07) is 7.87. The minimum atomic E-state index is 0.0896. The highest BCUT2D eigenvalue weighted by atomic mass is 15.0. The average Bonchev–Trinajstić information content (AvgIpc) is 2.39. The molecule has 1 aromatic carbocycles. The molecule has 18 heavy (non-hydrogen) atoms. The van der Waals surface area contributed by atoms with Gasteiger partial charge in [-0.3, -0.25) is 9.97 Å². The third kappa shape index (κ3) is 2.67. The minimum Gasteiger partial charge on any atom is -0.377 e. The van der Waals surface area contributed by atoms with Gasteiger partial charge in [-0.25, -0.2) is 0 Å². The zero-order valence-electron chi connectivity index (χ0n) is 10.5. The topological polar surface area (TPSA) is 37.8 Å². The van der Waals surface area contributed by atoms with Gasteiger partial charge in [0.25, 0.3) is 0 Å². The molecule has 2 aromatic rings. The highest BCUT2D eigenvalue weighted by molar-refractivity contribution is 5.51. The molecule has 0 bridgehead atoms. The van der Waals surface area contributed by atoms with Crippen molar-refractivity contribution >= 4 is 5.69 Å². The third-order valence-electron chi connectivity index (χ3n) is 2.74. The largest absolute Gasteiger partial charge is 0.377 e. The SMILES string of the molecule is C#Cc1cccc(NC(C)c2nccnc2C)c1. The summed E-state index contributed by atoms with van der Waals surface area (Å²) >= 11 is 0. The molecule has 0 amide bonds. The molecule has 0 saturated heterocycles. The van der Waals surface area contributed by atoms with Gasteiger partial charge in [0, 0.05) is 23.6 Å². The van der Waals surface area contributed by atoms with E-state index >= 15 is 0 Å². The maximum absolute atomic E-state index is 5.38. The maximum atomic E-state index is 5.38. The van der Waals surface area contributed by atoms with E-state index in [1.54, 1.807) is 12.4 Å². The molecule has 1 unspecified atom stereocenters. The van der Waals surface area contributed by atoms with Gasteiger partial charge in [0.1, 0.15) is 0 Å². The monoisotopic (exact) mass is 237 g/mol. The van der Waals surface area contributed by atoms with Crippen molar-refractivity contribution in [2.75, 3.05) is 5.32 Å². The summed E-state index contributed by atoms with van der Waals surface area (Å²) in [5.74, 6) is 2.62. The number of aryl methyl sites for hydroxylation is 1. The van der Waals surface area contributed by atoms with Crippen molar-refractivity contribution < 1.29 is 0 Å². The summed E-state index contributed by atoms with van der Waals surface area (Å²) in [7, 11) is 0. The Morgan fingerprint density at radius 1 is 1.28 bits per heavy atom. The second-order valence-electron chi connectivity index (χ2n) is 4.12. The van der Waals surface area contributed by atoms with Crippen molar-refractivity contribution in [3.8, 4) is 12.3 Å². The standard InChI is InChI=1S/C15H15N3/c1-4-13-6-5-7-14(10-13)18-12(3)15-11(2)16-8-9-17-15/h1,5-10,12,18H,2-3H3. The lowest BCUT2D eigenvalue weighted by atomic mass is 10.1. The van der Waals surface area contributed by atoms with Crippen LogP contribution in [-0.4, -0.2) is 9.97 Å². The number of aromatic nitrogens is 2. The van der Waals surface area contributed by atoms with E-state index in [1.165, 1.54) is 0 Å². The van der Waals surface area contributed by atoms with Gasteiger partial charge in [0.05, 0.1) is 17.4 Å². The number of hydrogen-bond acceptors (Lipinski definition) is 3. The van der Waals surface area contributed by atoms with Crippen LogP contribution in [0.3, 0.4) is 0 Å². The first-order valence-electron chi connectivity index (χ1n) is 5.81. The molecule has 1 atom stereocenters. The molecule has 3 nitrogen and oxygen atoms in total. The fourth-order valence-electron chi connectivity index (χ4n) is 1.86. The second-order valence-corrected chi connectivity index (χ2v) is 4.12. The summed E-state index contributed by atoms with van der Waals surface area (Å²) in [5.41, 5.74) is 3.74. The van der Waals surface area contributed by atoms with Crippen molar-refractivity contribution in [3.63, 3.8) is 0 Å². The Morgan fingerprint density at radius 2 is 2.06 bits per heavy atom. The zero-order valence-corrected chi connectivity index (χ0v) is 10.5. The van der Waals surface area contributed by atoms with Gasteiger partial charge in [-0.2, -0.15) is 0 Å². The number of hydrogen-bond donors (Lipinski definition) is 1. The molecule has 0 aliphatic carbocycles. The van der Waals surface area contributed by atoms with E-state index in [4.69, 9.17) is 6.42 Å². The Kier molecular flexibility index (Phi) is 3.59. The van der Waals surface area contributed by atoms with E-state index in [0.29, 0.717) is 0 Å². The predicted octanol–water partition coefficient (Wildman–Crippen LogP) is 2.94. The summed E-state index contributed by atoms with van der Waals surface area (Å²) in [6.07, 6.45) is 8.79. The van der Waals surface area contributed by atoms with Crippen molar-refractivity contribution in [2.24, 2.45) is 0 Å². The normalized spacial score (nSPS) is 11.6. The average molecular weight is 237 g/mol. The first-order chi connectivity index (χ1) is 8.70. The molecule has 1 heterocycles. The van der Waals surface area contributed by atoms with E-state index in [-0.39, 0.29) is 6.04 Å². The summed E-state index contributed by atoms with van der Waals surface area (Å²) in [6.45, 7) is 4.01. The van der Waals surface area contributed by atoms with Crippen LogP contribution < -0.4 is 5.32 Å². The Hall–Kier alpha value is -2.34. The lowest BCUT2D eigenvalue weighted by Gasteiger charge is -2.16. The van der Waals surface area contributed by atoms with Crippen LogP contribution >= 0.6 is 0 Å². The van der Waals surface area contributed by atoms with Gasteiger partial charge < -0.3 is 5.32 Å². The van der Waals surface area contributed by atoms with E-state index in [2.05, 4.69) is 28.1 Å². The van der Waals surface area contributed by atoms with Gasteiger partial charge in [0.2, 0.25) is 0 Å². The molecule has 90 valence electrons. The molecule has 0 aliphatic rings. The second kappa shape index (κ2) is 5.33. The molecule has 0 radical (unpaired) electrons. The molecule has 1 aromatic heterocycles. The highest BCUT2D eigenvalue weighted by Gasteiger charge is 2.10. The van der Waals surface area contributed by atoms with Crippen LogP contribution in [0.2, 0.25) is 0 Å². The van der Waals surface area contributed by atoms with Crippen molar-refractivity contribution in [3.05, 3.63) is 53.6 Å². The highest BCUT2D eigenvalue weighted by Crippen LogP contribution is 2.19. The number of nitrogens with zero attached hydrogens (tertiary/aromatic N) is 2. The van der Waals surface area contributed by atoms with Crippen LogP contribution in [0.25, 0.3) is 0 Å². The fourth-order valence-corrected chi connectivity index (χ4v) is 1.86. The molecule has 2 rings (SSSR count). The lowest BCUT2D eigenvalue weighted by Crippen LogP contribution is -2.11. The van der Waals surface area contributed by atoms with Gasteiger partial charge >= 0.3 is 0 Å². The number of benzene rings is 1. The van der Waals surface area contributed by atoms with Crippen LogP contribution in [0.1, 0.15) is 29.9 Å². The maximum Gasteiger partial charge on any atom is 0.0835 e. The smallest absolute Gasteiger partial charge is 0.0835 e. The molecule has 0 saturated carbocycles. The Labute approximate surface area is 107 Å². The van der Waals surface area contributed by atoms with Crippen LogP contribution in [0.4, 0.5) is 5.69 Å². The first kappa shape index (κ1) is 12.1. The lowest BCUT2D eigenvalue weighted by molar-refractivity contribution is 0.810. The molecular weight excluding hydrogens is 222 g/mol. The van der Waals surface area contributed by atoms with Crippen molar-refractivity contribution in [2.45, 2.75) is 19.9 Å². The quantitative estimate of drug-likeness (QED) is 0.834. The number of nitrogens with one attached hydrogen (secondary N) is 1. The first-order valence-corrected chi connectivity index (χ1v) is 5.81. The molecule has 0 aliphatic heterocycles. The summed E-state index contributed by atoms with van der Waals surface area (Å²) < 4.78 is 0. The van der Waals surface area contributed by atoms with E-state index in [9.17, 15) is 0 Å². The van der Waals surface area contributed by atoms with Crippen molar-refractivity contribution in [1.29, 1.82) is 0 Å². The van der Waals surface area contributed by atoms with Gasteiger partial charge in [-0.1, -0.05) is 12.0 Å². The zero-order chi connectivity index (χ0) is 13.0. The fraction of sp³-hybridized carbons (Fsp3) is 0.200. The van der Waals surface area contributed by atoms with Gasteiger partial charge in [0.15, 0.2) is 0 Å². The summed E-state index contributed by atoms with van der Waals surface area (Å²) in [5, 5.41) is 3.38. The van der Waals surface area contributed by atoms with Crippen LogP contribution in [0.5, 0.6) is 0 Å². The predicted molar refractivity (Wildman–Crippen MR) is 73.2 cm³/mol. The Morgan fingerprint density at radius 3 is 2.78 bits per heavy atom. The minimum absolute atomic E-state index is 0.0896. The van der Waals surface area contributed by atoms with Gasteiger partial charge in [-0.15, -0.1) is 6.42 Å². The Bertz CT molecular complexity index is 584. The van der Waals surface area contributed by atoms with E-state index in [1.807, 2.05) is 31.2 Å². The number of terminal acetylenes is 1. The van der Waals surface area contributed by atoms with Crippen molar-refractivity contribution in [1.82, 2.24) is 9.97 Å². The molecule has 3 heteroatoms. The molecular formula is C15H15N3. The molecule has 0 spiro atoms. The van der Waals surface area contributed by atoms with Crippen LogP contribution in [-0.2, 0) is 0 Å². The molecule has 0 fully saturated rings. The number of anilines is 1. The van der Waals surface area contributed by atoms with E-state index in [0.717, 1.165) is 22.6 Å². The van der Waals surface area contributed by atoms with Crippen LogP contribution in [0.15, 0.2) is 36.7 Å². The van der Waals surface area contributed by atoms with Crippen LogP contribution in [0, 0.1) is 19.3 Å². The van der Waals surface area contributed by atoms with Gasteiger partial charge in [-0.05, 0) is 32.0 Å². The number of rotatable bonds is 3. The Balaban J connectivity index is 2.19. The molecule has 1 N–H and O–H groups in total. The van der Waals surface area contributed by atoms with E-state index < -0.39 is 0 Å². The third-order valence-corrected chi connectivity index (χ3v) is 2.74.